The molecule has 0 heterocycles. The Hall–Kier alpha value is -1.03. The molecule has 1 unspecified atom stereocenters. The Balaban J connectivity index is 2.31. The molecule has 0 saturated carbocycles. The molecule has 0 bridgehead atoms. The van der Waals surface area contributed by atoms with E-state index in [0.29, 0.717) is 13.2 Å². The summed E-state index contributed by atoms with van der Waals surface area (Å²) in [7, 11) is 0. The van der Waals surface area contributed by atoms with Crippen molar-refractivity contribution in [3.8, 4) is 5.75 Å². The van der Waals surface area contributed by atoms with Crippen LogP contribution in [0, 0.1) is 19.8 Å². The zero-order valence-corrected chi connectivity index (χ0v) is 13.6. The van der Waals surface area contributed by atoms with Gasteiger partial charge in [0, 0.05) is 0 Å². The normalized spacial score (nSPS) is 12.3. The first-order chi connectivity index (χ1) is 8.91. The van der Waals surface area contributed by atoms with Crippen molar-refractivity contribution in [2.75, 3.05) is 13.2 Å². The molecule has 0 fully saturated rings. The van der Waals surface area contributed by atoms with E-state index in [2.05, 4.69) is 35.1 Å². The van der Waals surface area contributed by atoms with Crippen LogP contribution in [-0.4, -0.2) is 23.9 Å². The van der Waals surface area contributed by atoms with Crippen LogP contribution in [0.5, 0.6) is 5.75 Å². The number of halogens is 1. The van der Waals surface area contributed by atoms with Gasteiger partial charge in [-0.2, -0.15) is 0 Å². The Kier molecular flexibility index (Phi) is 6.35. The zero-order valence-electron chi connectivity index (χ0n) is 12.0. The summed E-state index contributed by atoms with van der Waals surface area (Å²) < 4.78 is 5.60. The summed E-state index contributed by atoms with van der Waals surface area (Å²) in [6.45, 7) is 9.13. The lowest BCUT2D eigenvalue weighted by Gasteiger charge is -2.14. The maximum absolute atomic E-state index is 11.7. The number of amides is 1. The third-order valence-corrected chi connectivity index (χ3v) is 4.46. The van der Waals surface area contributed by atoms with Crippen LogP contribution < -0.4 is 10.1 Å². The Morgan fingerprint density at radius 2 is 2.00 bits per heavy atom. The molecule has 0 aliphatic rings. The van der Waals surface area contributed by atoms with Gasteiger partial charge in [0.05, 0.1) is 11.4 Å². The lowest BCUT2D eigenvalue weighted by Crippen LogP contribution is -2.36. The van der Waals surface area contributed by atoms with Crippen molar-refractivity contribution in [3.05, 3.63) is 29.3 Å². The van der Waals surface area contributed by atoms with E-state index < -0.39 is 0 Å². The van der Waals surface area contributed by atoms with Crippen LogP contribution in [0.2, 0.25) is 0 Å². The molecule has 0 aliphatic heterocycles. The number of benzene rings is 1. The fraction of sp³-hybridized carbons (Fsp3) is 0.533. The number of hydrogen-bond acceptors (Lipinski definition) is 2. The minimum absolute atomic E-state index is 0.0127. The standard InChI is InChI=1S/C15H22BrNO2/c1-10(2)14(16)15(18)17-7-8-19-13-6-5-11(3)12(4)9-13/h5-6,9-10,14H,7-8H2,1-4H3,(H,17,18). The van der Waals surface area contributed by atoms with Gasteiger partial charge in [-0.05, 0) is 43.0 Å². The molecule has 1 atom stereocenters. The lowest BCUT2D eigenvalue weighted by molar-refractivity contribution is -0.121. The summed E-state index contributed by atoms with van der Waals surface area (Å²) >= 11 is 3.37. The van der Waals surface area contributed by atoms with Crippen molar-refractivity contribution >= 4 is 21.8 Å². The van der Waals surface area contributed by atoms with Crippen LogP contribution in [0.25, 0.3) is 0 Å². The van der Waals surface area contributed by atoms with Crippen molar-refractivity contribution in [3.63, 3.8) is 0 Å². The highest BCUT2D eigenvalue weighted by atomic mass is 79.9. The molecule has 1 rings (SSSR count). The second kappa shape index (κ2) is 7.53. The second-order valence-corrected chi connectivity index (χ2v) is 6.02. The molecular weight excluding hydrogens is 306 g/mol. The number of nitrogens with one attached hydrogen (secondary N) is 1. The summed E-state index contributed by atoms with van der Waals surface area (Å²) in [6, 6.07) is 6.00. The van der Waals surface area contributed by atoms with Gasteiger partial charge in [0.1, 0.15) is 12.4 Å². The van der Waals surface area contributed by atoms with Crippen molar-refractivity contribution < 1.29 is 9.53 Å². The molecule has 0 aromatic heterocycles. The highest BCUT2D eigenvalue weighted by Crippen LogP contribution is 2.16. The third-order valence-electron chi connectivity index (χ3n) is 2.98. The van der Waals surface area contributed by atoms with E-state index in [-0.39, 0.29) is 16.7 Å². The molecule has 0 aliphatic carbocycles. The third kappa shape index (κ3) is 5.23. The number of carbonyl (C=O) groups is 1. The van der Waals surface area contributed by atoms with E-state index in [1.54, 1.807) is 0 Å². The van der Waals surface area contributed by atoms with Crippen LogP contribution in [0.1, 0.15) is 25.0 Å². The lowest BCUT2D eigenvalue weighted by atomic mass is 10.1. The fourth-order valence-corrected chi connectivity index (χ4v) is 1.71. The highest BCUT2D eigenvalue weighted by molar-refractivity contribution is 9.10. The molecule has 1 aromatic carbocycles. The Morgan fingerprint density at radius 1 is 1.32 bits per heavy atom. The van der Waals surface area contributed by atoms with Crippen molar-refractivity contribution in [2.24, 2.45) is 5.92 Å². The Labute approximate surface area is 123 Å². The molecule has 106 valence electrons. The molecule has 4 heteroatoms. The quantitative estimate of drug-likeness (QED) is 0.643. The number of hydrogen-bond donors (Lipinski definition) is 1. The summed E-state index contributed by atoms with van der Waals surface area (Å²) in [4.78, 5) is 11.5. The second-order valence-electron chi connectivity index (χ2n) is 5.03. The molecule has 1 N–H and O–H groups in total. The maximum Gasteiger partial charge on any atom is 0.234 e. The fourth-order valence-electron chi connectivity index (χ4n) is 1.55. The summed E-state index contributed by atoms with van der Waals surface area (Å²) in [6.07, 6.45) is 0. The summed E-state index contributed by atoms with van der Waals surface area (Å²) in [5.74, 6) is 1.14. The van der Waals surface area contributed by atoms with Gasteiger partial charge in [-0.3, -0.25) is 4.79 Å². The van der Waals surface area contributed by atoms with Gasteiger partial charge in [-0.15, -0.1) is 0 Å². The zero-order chi connectivity index (χ0) is 14.4. The van der Waals surface area contributed by atoms with E-state index in [4.69, 9.17) is 4.74 Å². The molecule has 3 nitrogen and oxygen atoms in total. The number of rotatable bonds is 6. The number of ether oxygens (including phenoxy) is 1. The van der Waals surface area contributed by atoms with E-state index >= 15 is 0 Å². The first-order valence-corrected chi connectivity index (χ1v) is 7.45. The molecule has 0 spiro atoms. The Bertz CT molecular complexity index is 432. The summed E-state index contributed by atoms with van der Waals surface area (Å²) in [5.41, 5.74) is 2.46. The molecule has 1 aromatic rings. The van der Waals surface area contributed by atoms with Crippen LogP contribution >= 0.6 is 15.9 Å². The largest absolute Gasteiger partial charge is 0.492 e. The van der Waals surface area contributed by atoms with Crippen molar-refractivity contribution in [1.29, 1.82) is 0 Å². The SMILES string of the molecule is Cc1ccc(OCCNC(=O)C(Br)C(C)C)cc1C. The minimum Gasteiger partial charge on any atom is -0.492 e. The van der Waals surface area contributed by atoms with Gasteiger partial charge in [0.2, 0.25) is 5.91 Å². The van der Waals surface area contributed by atoms with Gasteiger partial charge in [-0.25, -0.2) is 0 Å². The Morgan fingerprint density at radius 3 is 2.58 bits per heavy atom. The molecule has 0 saturated heterocycles. The summed E-state index contributed by atoms with van der Waals surface area (Å²) in [5, 5.41) is 2.85. The maximum atomic E-state index is 11.7. The molecular formula is C15H22BrNO2. The molecule has 1 amide bonds. The van der Waals surface area contributed by atoms with Gasteiger partial charge in [0.25, 0.3) is 0 Å². The van der Waals surface area contributed by atoms with Crippen LogP contribution in [0.15, 0.2) is 18.2 Å². The number of aryl methyl sites for hydroxylation is 2. The first-order valence-electron chi connectivity index (χ1n) is 6.53. The number of alkyl halides is 1. The topological polar surface area (TPSA) is 38.3 Å². The van der Waals surface area contributed by atoms with Gasteiger partial charge in [-0.1, -0.05) is 35.8 Å². The average Bonchev–Trinajstić information content (AvgIpc) is 2.37. The first kappa shape index (κ1) is 16.0. The van der Waals surface area contributed by atoms with E-state index in [1.807, 2.05) is 32.0 Å². The monoisotopic (exact) mass is 327 g/mol. The minimum atomic E-state index is -0.144. The van der Waals surface area contributed by atoms with Gasteiger partial charge < -0.3 is 10.1 Å². The average molecular weight is 328 g/mol. The highest BCUT2D eigenvalue weighted by Gasteiger charge is 2.17. The van der Waals surface area contributed by atoms with Crippen LogP contribution in [0.3, 0.4) is 0 Å². The predicted octanol–water partition coefficient (Wildman–Crippen LogP) is 3.22. The van der Waals surface area contributed by atoms with Crippen molar-refractivity contribution in [2.45, 2.75) is 32.5 Å². The molecule has 0 radical (unpaired) electrons. The van der Waals surface area contributed by atoms with Crippen LogP contribution in [0.4, 0.5) is 0 Å². The predicted molar refractivity (Wildman–Crippen MR) is 82.0 cm³/mol. The molecule has 19 heavy (non-hydrogen) atoms. The van der Waals surface area contributed by atoms with E-state index in [0.717, 1.165) is 5.75 Å². The van der Waals surface area contributed by atoms with E-state index in [9.17, 15) is 4.79 Å². The van der Waals surface area contributed by atoms with Crippen molar-refractivity contribution in [1.82, 2.24) is 5.32 Å². The number of carbonyl (C=O) groups excluding carboxylic acids is 1. The smallest absolute Gasteiger partial charge is 0.234 e. The van der Waals surface area contributed by atoms with E-state index in [1.165, 1.54) is 11.1 Å². The van der Waals surface area contributed by atoms with Gasteiger partial charge in [0.15, 0.2) is 0 Å². The van der Waals surface area contributed by atoms with Gasteiger partial charge >= 0.3 is 0 Å². The van der Waals surface area contributed by atoms with Crippen LogP contribution in [-0.2, 0) is 4.79 Å².